The first-order valence-corrected chi connectivity index (χ1v) is 8.09. The quantitative estimate of drug-likeness (QED) is 0.921. The molecule has 0 unspecified atom stereocenters. The van der Waals surface area contributed by atoms with Crippen molar-refractivity contribution in [2.75, 3.05) is 12.4 Å². The summed E-state index contributed by atoms with van der Waals surface area (Å²) in [5.41, 5.74) is -0.537. The third kappa shape index (κ3) is 3.95. The lowest BCUT2D eigenvalue weighted by Crippen LogP contribution is -2.33. The number of sulfonamides is 1. The van der Waals surface area contributed by atoms with E-state index in [9.17, 15) is 8.42 Å². The summed E-state index contributed by atoms with van der Waals surface area (Å²) in [6.45, 7) is 3.93. The van der Waals surface area contributed by atoms with E-state index in [2.05, 4.69) is 0 Å². The minimum Gasteiger partial charge on any atom is -0.492 e. The topological polar surface area (TPSA) is 69.4 Å². The first-order chi connectivity index (χ1) is 9.27. The molecule has 2 N–H and O–H groups in total. The summed E-state index contributed by atoms with van der Waals surface area (Å²) in [6, 6.07) is 13.7. The summed E-state index contributed by atoms with van der Waals surface area (Å²) in [5.74, 6) is 0.649. The molecule has 4 nitrogen and oxygen atoms in total. The van der Waals surface area contributed by atoms with Gasteiger partial charge < -0.3 is 4.74 Å². The van der Waals surface area contributed by atoms with Crippen LogP contribution < -0.4 is 9.88 Å². The van der Waals surface area contributed by atoms with Crippen LogP contribution >= 0.6 is 0 Å². The Bertz CT molecular complexity index is 703. The average molecular weight is 293 g/mol. The molecule has 0 bridgehead atoms. The standard InChI is InChI=1S/C15H19NO3S/c1-15(2,11-20(16,17)18)10-19-14-9-5-7-12-6-3-4-8-13(12)14/h3-9H,10-11H2,1-2H3,(H2,16,17,18). The predicted molar refractivity (Wildman–Crippen MR) is 81.2 cm³/mol. The molecule has 0 spiro atoms. The highest BCUT2D eigenvalue weighted by Gasteiger charge is 2.25. The van der Waals surface area contributed by atoms with Gasteiger partial charge >= 0.3 is 0 Å². The maximum atomic E-state index is 11.2. The van der Waals surface area contributed by atoms with Crippen molar-refractivity contribution in [3.05, 3.63) is 42.5 Å². The minimum absolute atomic E-state index is 0.106. The summed E-state index contributed by atoms with van der Waals surface area (Å²) in [4.78, 5) is 0. The van der Waals surface area contributed by atoms with E-state index in [0.717, 1.165) is 16.5 Å². The molecule has 0 saturated heterocycles. The molecule has 0 heterocycles. The summed E-state index contributed by atoms with van der Waals surface area (Å²) in [7, 11) is -3.51. The smallest absolute Gasteiger partial charge is 0.209 e. The molecule has 0 radical (unpaired) electrons. The Labute approximate surface area is 119 Å². The molecule has 2 aromatic carbocycles. The molecular formula is C15H19NO3S. The van der Waals surface area contributed by atoms with Gasteiger partial charge in [-0.1, -0.05) is 50.2 Å². The van der Waals surface area contributed by atoms with Crippen LogP contribution in [0.4, 0.5) is 0 Å². The molecule has 0 aliphatic carbocycles. The van der Waals surface area contributed by atoms with Gasteiger partial charge in [-0.05, 0) is 11.5 Å². The van der Waals surface area contributed by atoms with E-state index >= 15 is 0 Å². The Balaban J connectivity index is 2.17. The Morgan fingerprint density at radius 2 is 1.75 bits per heavy atom. The molecular weight excluding hydrogens is 274 g/mol. The molecule has 2 aromatic rings. The van der Waals surface area contributed by atoms with Gasteiger partial charge in [0.1, 0.15) is 5.75 Å². The fourth-order valence-electron chi connectivity index (χ4n) is 2.18. The molecule has 0 aromatic heterocycles. The van der Waals surface area contributed by atoms with E-state index in [1.165, 1.54) is 0 Å². The van der Waals surface area contributed by atoms with Crippen molar-refractivity contribution in [2.45, 2.75) is 13.8 Å². The molecule has 0 aliphatic rings. The van der Waals surface area contributed by atoms with Crippen LogP contribution in [0.2, 0.25) is 0 Å². The van der Waals surface area contributed by atoms with Gasteiger partial charge in [0.2, 0.25) is 10.0 Å². The zero-order valence-electron chi connectivity index (χ0n) is 11.7. The molecule has 0 aliphatic heterocycles. The zero-order valence-corrected chi connectivity index (χ0v) is 12.5. The van der Waals surface area contributed by atoms with Crippen LogP contribution in [-0.2, 0) is 10.0 Å². The second-order valence-electron chi connectivity index (χ2n) is 5.74. The molecule has 0 fully saturated rings. The van der Waals surface area contributed by atoms with Crippen molar-refractivity contribution < 1.29 is 13.2 Å². The SMILES string of the molecule is CC(C)(COc1cccc2ccccc12)CS(N)(=O)=O. The maximum Gasteiger partial charge on any atom is 0.209 e. The fourth-order valence-corrected chi connectivity index (χ4v) is 3.35. The second kappa shape index (κ2) is 5.42. The molecule has 2 rings (SSSR count). The maximum absolute atomic E-state index is 11.2. The molecule has 5 heteroatoms. The minimum atomic E-state index is -3.51. The first-order valence-electron chi connectivity index (χ1n) is 6.38. The van der Waals surface area contributed by atoms with E-state index in [0.29, 0.717) is 0 Å². The van der Waals surface area contributed by atoms with Crippen molar-refractivity contribution in [3.8, 4) is 5.75 Å². The van der Waals surface area contributed by atoms with Crippen LogP contribution in [0.5, 0.6) is 5.75 Å². The lowest BCUT2D eigenvalue weighted by molar-refractivity contribution is 0.202. The monoisotopic (exact) mass is 293 g/mol. The fraction of sp³-hybridized carbons (Fsp3) is 0.333. The third-order valence-corrected chi connectivity index (χ3v) is 4.14. The number of hydrogen-bond donors (Lipinski definition) is 1. The second-order valence-corrected chi connectivity index (χ2v) is 7.35. The van der Waals surface area contributed by atoms with Crippen LogP contribution in [0.1, 0.15) is 13.8 Å². The zero-order chi connectivity index (χ0) is 14.8. The summed E-state index contributed by atoms with van der Waals surface area (Å²) in [6.07, 6.45) is 0. The van der Waals surface area contributed by atoms with Crippen LogP contribution in [-0.4, -0.2) is 20.8 Å². The van der Waals surface area contributed by atoms with Gasteiger partial charge in [-0.2, -0.15) is 0 Å². The predicted octanol–water partition coefficient (Wildman–Crippen LogP) is 2.53. The van der Waals surface area contributed by atoms with Crippen LogP contribution in [0.25, 0.3) is 10.8 Å². The highest BCUT2D eigenvalue weighted by atomic mass is 32.2. The van der Waals surface area contributed by atoms with E-state index in [1.54, 1.807) is 0 Å². The number of ether oxygens (including phenoxy) is 1. The Morgan fingerprint density at radius 1 is 1.10 bits per heavy atom. The normalized spacial score (nSPS) is 12.6. The summed E-state index contributed by atoms with van der Waals surface area (Å²) < 4.78 is 28.2. The average Bonchev–Trinajstić information content (AvgIpc) is 2.33. The highest BCUT2D eigenvalue weighted by Crippen LogP contribution is 2.27. The summed E-state index contributed by atoms with van der Waals surface area (Å²) >= 11 is 0. The number of fused-ring (bicyclic) bond motifs is 1. The van der Waals surface area contributed by atoms with Crippen molar-refractivity contribution in [1.82, 2.24) is 0 Å². The number of primary sulfonamides is 1. The lowest BCUT2D eigenvalue weighted by Gasteiger charge is -2.23. The van der Waals surface area contributed by atoms with Gasteiger partial charge in [-0.15, -0.1) is 0 Å². The largest absolute Gasteiger partial charge is 0.492 e. The van der Waals surface area contributed by atoms with Crippen molar-refractivity contribution in [3.63, 3.8) is 0 Å². The molecule has 20 heavy (non-hydrogen) atoms. The van der Waals surface area contributed by atoms with E-state index < -0.39 is 15.4 Å². The third-order valence-electron chi connectivity index (χ3n) is 2.96. The van der Waals surface area contributed by atoms with Gasteiger partial charge in [-0.3, -0.25) is 0 Å². The van der Waals surface area contributed by atoms with Gasteiger partial charge in [-0.25, -0.2) is 13.6 Å². The molecule has 108 valence electrons. The molecule has 0 saturated carbocycles. The van der Waals surface area contributed by atoms with E-state index in [-0.39, 0.29) is 12.4 Å². The van der Waals surface area contributed by atoms with E-state index in [1.807, 2.05) is 56.3 Å². The number of hydrogen-bond acceptors (Lipinski definition) is 3. The first kappa shape index (κ1) is 14.8. The Morgan fingerprint density at radius 3 is 2.45 bits per heavy atom. The number of benzene rings is 2. The van der Waals surface area contributed by atoms with Crippen LogP contribution in [0.15, 0.2) is 42.5 Å². The van der Waals surface area contributed by atoms with Gasteiger partial charge in [0.05, 0.1) is 12.4 Å². The summed E-state index contributed by atoms with van der Waals surface area (Å²) in [5, 5.41) is 7.20. The molecule has 0 amide bonds. The Hall–Kier alpha value is -1.59. The number of rotatable bonds is 5. The van der Waals surface area contributed by atoms with Crippen molar-refractivity contribution >= 4 is 20.8 Å². The Kier molecular flexibility index (Phi) is 4.01. The highest BCUT2D eigenvalue weighted by molar-refractivity contribution is 7.89. The molecule has 0 atom stereocenters. The van der Waals surface area contributed by atoms with Crippen LogP contribution in [0.3, 0.4) is 0 Å². The van der Waals surface area contributed by atoms with Gasteiger partial charge in [0.15, 0.2) is 0 Å². The number of nitrogens with two attached hydrogens (primary N) is 1. The van der Waals surface area contributed by atoms with Crippen molar-refractivity contribution in [1.29, 1.82) is 0 Å². The van der Waals surface area contributed by atoms with Crippen molar-refractivity contribution in [2.24, 2.45) is 10.6 Å². The van der Waals surface area contributed by atoms with Crippen LogP contribution in [0, 0.1) is 5.41 Å². The van der Waals surface area contributed by atoms with Gasteiger partial charge in [0, 0.05) is 10.8 Å². The van der Waals surface area contributed by atoms with Gasteiger partial charge in [0.25, 0.3) is 0 Å². The lowest BCUT2D eigenvalue weighted by atomic mass is 9.98. The van der Waals surface area contributed by atoms with E-state index in [4.69, 9.17) is 9.88 Å².